The third kappa shape index (κ3) is 3.72. The van der Waals surface area contributed by atoms with Crippen LogP contribution in [0.25, 0.3) is 0 Å². The Morgan fingerprint density at radius 3 is 2.73 bits per heavy atom. The number of hydrogen-bond acceptors (Lipinski definition) is 3. The molecule has 0 aliphatic carbocycles. The maximum atomic E-state index is 12.1. The van der Waals surface area contributed by atoms with Gasteiger partial charge in [0.1, 0.15) is 0 Å². The largest absolute Gasteiger partial charge is 0.328 e. The second-order valence-electron chi connectivity index (χ2n) is 5.06. The topological polar surface area (TPSA) is 84.0 Å². The van der Waals surface area contributed by atoms with Crippen molar-refractivity contribution >= 4 is 11.6 Å². The van der Waals surface area contributed by atoms with Crippen molar-refractivity contribution in [2.75, 3.05) is 5.32 Å². The molecule has 0 saturated heterocycles. The maximum absolute atomic E-state index is 12.1. The van der Waals surface area contributed by atoms with E-state index in [4.69, 9.17) is 0 Å². The molecule has 1 amide bonds. The van der Waals surface area contributed by atoms with Crippen LogP contribution in [0, 0.1) is 6.92 Å². The number of benzene rings is 1. The molecule has 1 aromatic carbocycles. The Bertz CT molecular complexity index is 790. The molecular weight excluding hydrogens is 282 g/mol. The van der Waals surface area contributed by atoms with Gasteiger partial charge in [-0.25, -0.2) is 4.79 Å². The van der Waals surface area contributed by atoms with Crippen molar-refractivity contribution in [2.24, 2.45) is 0 Å². The molecule has 0 bridgehead atoms. The zero-order valence-corrected chi connectivity index (χ0v) is 12.7. The van der Waals surface area contributed by atoms with Crippen LogP contribution >= 0.6 is 0 Å². The number of para-hydroxylation sites is 1. The number of amides is 1. The van der Waals surface area contributed by atoms with E-state index in [0.29, 0.717) is 0 Å². The van der Waals surface area contributed by atoms with E-state index < -0.39 is 11.2 Å². The lowest BCUT2D eigenvalue weighted by Gasteiger charge is -2.13. The average Bonchev–Trinajstić information content (AvgIpc) is 2.48. The lowest BCUT2D eigenvalue weighted by atomic mass is 10.1. The van der Waals surface area contributed by atoms with Gasteiger partial charge in [0, 0.05) is 30.9 Å². The number of hydrogen-bond donors (Lipinski definition) is 2. The van der Waals surface area contributed by atoms with Crippen molar-refractivity contribution in [3.63, 3.8) is 0 Å². The SMILES string of the molecule is CCc1cccc(C)c1NC(=O)CCn1ccc(=O)[nH]c1=O. The zero-order chi connectivity index (χ0) is 16.1. The number of rotatable bonds is 5. The maximum Gasteiger partial charge on any atom is 0.328 e. The third-order valence-corrected chi connectivity index (χ3v) is 3.48. The molecule has 22 heavy (non-hydrogen) atoms. The van der Waals surface area contributed by atoms with Crippen LogP contribution in [0.4, 0.5) is 5.69 Å². The fourth-order valence-electron chi connectivity index (χ4n) is 2.25. The Labute approximate surface area is 127 Å². The van der Waals surface area contributed by atoms with Gasteiger partial charge in [0.05, 0.1) is 0 Å². The number of carbonyl (C=O) groups excluding carboxylic acids is 1. The molecular formula is C16H19N3O3. The number of nitrogens with zero attached hydrogens (tertiary/aromatic N) is 1. The summed E-state index contributed by atoms with van der Waals surface area (Å²) in [5, 5.41) is 2.90. The number of aromatic nitrogens is 2. The van der Waals surface area contributed by atoms with E-state index in [0.717, 1.165) is 23.2 Å². The van der Waals surface area contributed by atoms with Crippen LogP contribution in [-0.4, -0.2) is 15.5 Å². The standard InChI is InChI=1S/C16H19N3O3/c1-3-12-6-4-5-11(2)15(12)17-13(20)7-9-19-10-8-14(21)18-16(19)22/h4-6,8,10H,3,7,9H2,1-2H3,(H,17,20)(H,18,21,22). The Morgan fingerprint density at radius 2 is 2.05 bits per heavy atom. The van der Waals surface area contributed by atoms with Gasteiger partial charge in [-0.05, 0) is 24.5 Å². The second-order valence-corrected chi connectivity index (χ2v) is 5.06. The van der Waals surface area contributed by atoms with Gasteiger partial charge in [-0.2, -0.15) is 0 Å². The molecule has 1 heterocycles. The van der Waals surface area contributed by atoms with Gasteiger partial charge in [-0.1, -0.05) is 25.1 Å². The van der Waals surface area contributed by atoms with Gasteiger partial charge >= 0.3 is 5.69 Å². The monoisotopic (exact) mass is 301 g/mol. The van der Waals surface area contributed by atoms with E-state index in [2.05, 4.69) is 10.3 Å². The first-order valence-corrected chi connectivity index (χ1v) is 7.19. The Morgan fingerprint density at radius 1 is 1.27 bits per heavy atom. The van der Waals surface area contributed by atoms with Gasteiger partial charge in [0.25, 0.3) is 5.56 Å². The highest BCUT2D eigenvalue weighted by Crippen LogP contribution is 2.21. The van der Waals surface area contributed by atoms with Crippen LogP contribution < -0.4 is 16.6 Å². The summed E-state index contributed by atoms with van der Waals surface area (Å²) in [6, 6.07) is 7.15. The van der Waals surface area contributed by atoms with E-state index >= 15 is 0 Å². The number of H-pyrrole nitrogens is 1. The Kier molecular flexibility index (Phi) is 4.93. The van der Waals surface area contributed by atoms with Crippen LogP contribution in [-0.2, 0) is 17.8 Å². The molecule has 6 heteroatoms. The Balaban J connectivity index is 2.05. The number of carbonyl (C=O) groups is 1. The van der Waals surface area contributed by atoms with Crippen LogP contribution in [0.2, 0.25) is 0 Å². The summed E-state index contributed by atoms with van der Waals surface area (Å²) in [5.41, 5.74) is 1.97. The summed E-state index contributed by atoms with van der Waals surface area (Å²) in [6.07, 6.45) is 2.37. The summed E-state index contributed by atoms with van der Waals surface area (Å²) in [6.45, 7) is 4.19. The molecule has 0 radical (unpaired) electrons. The van der Waals surface area contributed by atoms with Crippen molar-refractivity contribution in [3.05, 3.63) is 62.4 Å². The average molecular weight is 301 g/mol. The molecule has 2 aromatic rings. The van der Waals surface area contributed by atoms with Crippen LogP contribution in [0.5, 0.6) is 0 Å². The molecule has 0 saturated carbocycles. The van der Waals surface area contributed by atoms with E-state index in [1.807, 2.05) is 32.0 Å². The number of aryl methyl sites for hydroxylation is 3. The lowest BCUT2D eigenvalue weighted by molar-refractivity contribution is -0.116. The van der Waals surface area contributed by atoms with Crippen molar-refractivity contribution in [1.82, 2.24) is 9.55 Å². The van der Waals surface area contributed by atoms with E-state index in [1.165, 1.54) is 16.8 Å². The van der Waals surface area contributed by atoms with E-state index in [-0.39, 0.29) is 18.9 Å². The first-order chi connectivity index (χ1) is 10.5. The molecule has 0 aliphatic heterocycles. The predicted molar refractivity (Wildman–Crippen MR) is 85.1 cm³/mol. The number of nitrogens with one attached hydrogen (secondary N) is 2. The van der Waals surface area contributed by atoms with Crippen molar-refractivity contribution in [3.8, 4) is 0 Å². The quantitative estimate of drug-likeness (QED) is 0.876. The van der Waals surface area contributed by atoms with E-state index in [1.54, 1.807) is 0 Å². The van der Waals surface area contributed by atoms with Gasteiger partial charge in [-0.15, -0.1) is 0 Å². The van der Waals surface area contributed by atoms with Crippen molar-refractivity contribution in [1.29, 1.82) is 0 Å². The number of aromatic amines is 1. The van der Waals surface area contributed by atoms with Crippen molar-refractivity contribution in [2.45, 2.75) is 33.2 Å². The van der Waals surface area contributed by atoms with Crippen LogP contribution in [0.15, 0.2) is 40.1 Å². The fraction of sp³-hybridized carbons (Fsp3) is 0.312. The van der Waals surface area contributed by atoms with E-state index in [9.17, 15) is 14.4 Å². The second kappa shape index (κ2) is 6.89. The summed E-state index contributed by atoms with van der Waals surface area (Å²) in [4.78, 5) is 36.8. The molecule has 0 spiro atoms. The van der Waals surface area contributed by atoms with Gasteiger partial charge in [0.2, 0.25) is 5.91 Å². The first kappa shape index (κ1) is 15.8. The molecule has 0 unspecified atom stereocenters. The minimum absolute atomic E-state index is 0.156. The Hall–Kier alpha value is -2.63. The molecule has 2 N–H and O–H groups in total. The van der Waals surface area contributed by atoms with Crippen LogP contribution in [0.1, 0.15) is 24.5 Å². The molecule has 6 nitrogen and oxygen atoms in total. The predicted octanol–water partition coefficient (Wildman–Crippen LogP) is 1.44. The zero-order valence-electron chi connectivity index (χ0n) is 12.7. The summed E-state index contributed by atoms with van der Waals surface area (Å²) in [7, 11) is 0. The van der Waals surface area contributed by atoms with Crippen LogP contribution in [0.3, 0.4) is 0 Å². The van der Waals surface area contributed by atoms with Gasteiger partial charge in [-0.3, -0.25) is 14.6 Å². The summed E-state index contributed by atoms with van der Waals surface area (Å²) in [5.74, 6) is -0.165. The van der Waals surface area contributed by atoms with Crippen molar-refractivity contribution < 1.29 is 4.79 Å². The third-order valence-electron chi connectivity index (χ3n) is 3.48. The molecule has 2 rings (SSSR count). The minimum Gasteiger partial charge on any atom is -0.326 e. The highest BCUT2D eigenvalue weighted by atomic mass is 16.2. The summed E-state index contributed by atoms with van der Waals surface area (Å²) < 4.78 is 1.31. The fourth-order valence-corrected chi connectivity index (χ4v) is 2.25. The molecule has 0 atom stereocenters. The highest BCUT2D eigenvalue weighted by molar-refractivity contribution is 5.92. The highest BCUT2D eigenvalue weighted by Gasteiger charge is 2.09. The van der Waals surface area contributed by atoms with Gasteiger partial charge < -0.3 is 9.88 Å². The lowest BCUT2D eigenvalue weighted by Crippen LogP contribution is -2.29. The smallest absolute Gasteiger partial charge is 0.326 e. The normalized spacial score (nSPS) is 10.5. The first-order valence-electron chi connectivity index (χ1n) is 7.19. The minimum atomic E-state index is -0.509. The molecule has 116 valence electrons. The molecule has 1 aromatic heterocycles. The molecule has 0 fully saturated rings. The molecule has 0 aliphatic rings. The summed E-state index contributed by atoms with van der Waals surface area (Å²) >= 11 is 0. The number of anilines is 1. The van der Waals surface area contributed by atoms with Gasteiger partial charge in [0.15, 0.2) is 0 Å².